The maximum atomic E-state index is 6.64. The van der Waals surface area contributed by atoms with Crippen LogP contribution in [0.2, 0.25) is 0 Å². The lowest BCUT2D eigenvalue weighted by atomic mass is 9.55. The maximum absolute atomic E-state index is 6.64. The molecule has 2 aliphatic heterocycles. The molecule has 0 bridgehead atoms. The summed E-state index contributed by atoms with van der Waals surface area (Å²) in [5.41, 5.74) is 20.0. The van der Waals surface area contributed by atoms with Crippen LogP contribution in [0.5, 0.6) is 0 Å². The van der Waals surface area contributed by atoms with Crippen LogP contribution in [-0.2, 0) is 22.7 Å². The van der Waals surface area contributed by atoms with E-state index in [1.54, 1.807) is 0 Å². The van der Waals surface area contributed by atoms with Gasteiger partial charge in [-0.3, -0.25) is 0 Å². The third kappa shape index (κ3) is 5.39. The van der Waals surface area contributed by atoms with Gasteiger partial charge in [0.1, 0.15) is 11.2 Å². The van der Waals surface area contributed by atoms with Crippen molar-refractivity contribution in [3.05, 3.63) is 137 Å². The molecule has 3 nitrogen and oxygen atoms in total. The summed E-state index contributed by atoms with van der Waals surface area (Å²) in [4.78, 5) is 2.58. The van der Waals surface area contributed by atoms with Crippen LogP contribution in [0.25, 0.3) is 33.1 Å². The lowest BCUT2D eigenvalue weighted by molar-refractivity contribution is 0.332. The molecule has 0 fully saturated rings. The van der Waals surface area contributed by atoms with Crippen LogP contribution in [0.4, 0.5) is 28.4 Å². The van der Waals surface area contributed by atoms with E-state index in [4.69, 9.17) is 4.42 Å². The van der Waals surface area contributed by atoms with E-state index in [0.717, 1.165) is 45.3 Å². The molecule has 279 valence electrons. The van der Waals surface area contributed by atoms with Crippen molar-refractivity contribution in [3.63, 3.8) is 0 Å². The Morgan fingerprint density at radius 2 is 1.41 bits per heavy atom. The average molecular weight is 732 g/mol. The molecule has 7 aromatic rings. The number of fused-ring (bicyclic) bond motifs is 8. The number of aryl methyl sites for hydroxylation is 1. The molecule has 1 radical (unpaired) electrons. The van der Waals surface area contributed by atoms with E-state index < -0.39 is 0 Å². The molecule has 4 heteroatoms. The first-order chi connectivity index (χ1) is 26.9. The van der Waals surface area contributed by atoms with Gasteiger partial charge in [-0.25, -0.2) is 0 Å². The molecule has 0 saturated carbocycles. The molecule has 56 heavy (non-hydrogen) atoms. The van der Waals surface area contributed by atoms with Gasteiger partial charge in [0.15, 0.2) is 7.28 Å². The van der Waals surface area contributed by atoms with E-state index in [-0.39, 0.29) is 16.2 Å². The molecule has 0 spiro atoms. The van der Waals surface area contributed by atoms with Gasteiger partial charge in [-0.2, -0.15) is 0 Å². The van der Waals surface area contributed by atoms with Gasteiger partial charge in [0.2, 0.25) is 0 Å². The Hall–Kier alpha value is -5.22. The number of nitrogens with one attached hydrogen (secondary N) is 1. The van der Waals surface area contributed by atoms with Crippen LogP contribution in [0.1, 0.15) is 108 Å². The lowest BCUT2D eigenvalue weighted by Gasteiger charge is -2.46. The molecule has 3 heterocycles. The molecule has 10 rings (SSSR count). The number of hydrogen-bond acceptors (Lipinski definition) is 3. The fourth-order valence-electron chi connectivity index (χ4n) is 10.2. The Labute approximate surface area is 333 Å². The van der Waals surface area contributed by atoms with E-state index >= 15 is 0 Å². The number of furan rings is 1. The smallest absolute Gasteiger partial charge is 0.197 e. The van der Waals surface area contributed by atoms with Crippen molar-refractivity contribution in [2.75, 3.05) is 10.2 Å². The summed E-state index contributed by atoms with van der Waals surface area (Å²) >= 11 is 0. The van der Waals surface area contributed by atoms with Gasteiger partial charge in [0.05, 0.1) is 5.69 Å². The number of benzene rings is 6. The Bertz CT molecular complexity index is 2710. The van der Waals surface area contributed by atoms with E-state index in [0.29, 0.717) is 0 Å². The van der Waals surface area contributed by atoms with Gasteiger partial charge in [0.25, 0.3) is 0 Å². The molecule has 1 aromatic heterocycles. The van der Waals surface area contributed by atoms with Gasteiger partial charge in [-0.1, -0.05) is 134 Å². The number of para-hydroxylation sites is 3. The number of hydrogen-bond donors (Lipinski definition) is 1. The quantitative estimate of drug-likeness (QED) is 0.131. The number of unbranched alkanes of at least 4 members (excludes halogenated alkanes) is 2. The first kappa shape index (κ1) is 35.2. The molecule has 1 N–H and O–H groups in total. The standard InChI is InChI=1S/C52H52BN2O/c1-8-9-10-16-32-27-37(48-45(28-32)55-44-21-13-12-18-39(44)52(6,7)40-19-15-20-42(53-48)49(40)55)35-31-47-36(34-17-11-14-22-46(34)56-47)30-43(35)54-33-23-24-38-41(29-33)51(4,5)26-25-50(38,2)3/h11-15,17-24,27-31,54H,8-10,16,25-26H2,1-7H3. The molecule has 0 saturated heterocycles. The van der Waals surface area contributed by atoms with Crippen molar-refractivity contribution in [2.45, 2.75) is 103 Å². The van der Waals surface area contributed by atoms with Crippen LogP contribution in [0, 0.1) is 0 Å². The predicted molar refractivity (Wildman–Crippen MR) is 239 cm³/mol. The topological polar surface area (TPSA) is 28.4 Å². The summed E-state index contributed by atoms with van der Waals surface area (Å²) in [6.07, 6.45) is 7.00. The monoisotopic (exact) mass is 731 g/mol. The minimum Gasteiger partial charge on any atom is -0.456 e. The fourth-order valence-corrected chi connectivity index (χ4v) is 10.2. The predicted octanol–water partition coefficient (Wildman–Crippen LogP) is 13.2. The molecular formula is C52H52BN2O. The normalized spacial score (nSPS) is 16.8. The summed E-state index contributed by atoms with van der Waals surface area (Å²) in [6, 6.07) is 41.1. The maximum Gasteiger partial charge on any atom is 0.197 e. The molecule has 6 aromatic carbocycles. The minimum atomic E-state index is -0.118. The SMILES string of the molecule is CCCCCc1cc(-c2cc3oc4ccccc4c3cc2Nc2ccc3c(c2)C(C)(C)CCC3(C)C)c2c(c1)N1c3ccccc3C(C)(C)c3cccc(c31)[B]2. The Morgan fingerprint density at radius 1 is 0.643 bits per heavy atom. The van der Waals surface area contributed by atoms with Crippen molar-refractivity contribution in [3.8, 4) is 11.1 Å². The van der Waals surface area contributed by atoms with Crippen LogP contribution in [0.3, 0.4) is 0 Å². The van der Waals surface area contributed by atoms with Crippen molar-refractivity contribution in [1.82, 2.24) is 0 Å². The molecule has 0 atom stereocenters. The second-order valence-corrected chi connectivity index (χ2v) is 18.5. The zero-order valence-corrected chi connectivity index (χ0v) is 34.1. The minimum absolute atomic E-state index is 0.114. The molecule has 1 aliphatic carbocycles. The number of anilines is 5. The Kier molecular flexibility index (Phi) is 7.95. The van der Waals surface area contributed by atoms with E-state index in [2.05, 4.69) is 175 Å². The molecular weight excluding hydrogens is 679 g/mol. The molecule has 0 unspecified atom stereocenters. The van der Waals surface area contributed by atoms with Gasteiger partial charge in [-0.15, -0.1) is 0 Å². The third-order valence-corrected chi connectivity index (χ3v) is 13.5. The summed E-state index contributed by atoms with van der Waals surface area (Å²) in [7, 11) is 2.45. The second kappa shape index (κ2) is 12.6. The zero-order valence-electron chi connectivity index (χ0n) is 34.1. The van der Waals surface area contributed by atoms with Crippen molar-refractivity contribution >= 4 is 68.6 Å². The van der Waals surface area contributed by atoms with E-state index in [1.165, 1.54) is 93.5 Å². The van der Waals surface area contributed by atoms with Crippen LogP contribution in [-0.4, -0.2) is 7.28 Å². The number of rotatable bonds is 7. The van der Waals surface area contributed by atoms with Gasteiger partial charge < -0.3 is 14.6 Å². The number of nitrogens with zero attached hydrogens (tertiary/aromatic N) is 1. The van der Waals surface area contributed by atoms with E-state index in [9.17, 15) is 0 Å². The summed E-state index contributed by atoms with van der Waals surface area (Å²) in [5, 5.41) is 6.30. The van der Waals surface area contributed by atoms with Crippen molar-refractivity contribution in [1.29, 1.82) is 0 Å². The average Bonchev–Trinajstić information content (AvgIpc) is 3.55. The highest BCUT2D eigenvalue weighted by atomic mass is 16.3. The zero-order chi connectivity index (χ0) is 38.6. The van der Waals surface area contributed by atoms with Gasteiger partial charge >= 0.3 is 0 Å². The van der Waals surface area contributed by atoms with Crippen LogP contribution < -0.4 is 21.1 Å². The Morgan fingerprint density at radius 3 is 2.25 bits per heavy atom. The van der Waals surface area contributed by atoms with E-state index in [1.807, 2.05) is 0 Å². The highest BCUT2D eigenvalue weighted by molar-refractivity contribution is 6.73. The first-order valence-electron chi connectivity index (χ1n) is 20.9. The largest absolute Gasteiger partial charge is 0.456 e. The highest BCUT2D eigenvalue weighted by Gasteiger charge is 2.41. The van der Waals surface area contributed by atoms with Crippen molar-refractivity contribution < 1.29 is 4.42 Å². The Balaban J connectivity index is 1.22. The molecule has 3 aliphatic rings. The first-order valence-corrected chi connectivity index (χ1v) is 20.9. The summed E-state index contributed by atoms with van der Waals surface area (Å²) in [5.74, 6) is 0. The summed E-state index contributed by atoms with van der Waals surface area (Å²) < 4.78 is 6.64. The molecule has 0 amide bonds. The van der Waals surface area contributed by atoms with Crippen molar-refractivity contribution in [2.24, 2.45) is 0 Å². The van der Waals surface area contributed by atoms with Gasteiger partial charge in [-0.05, 0) is 118 Å². The lowest BCUT2D eigenvalue weighted by Crippen LogP contribution is -2.45. The second-order valence-electron chi connectivity index (χ2n) is 18.5. The van der Waals surface area contributed by atoms with Crippen LogP contribution in [0.15, 0.2) is 114 Å². The van der Waals surface area contributed by atoms with Gasteiger partial charge in [0, 0.05) is 44.5 Å². The van der Waals surface area contributed by atoms with Crippen LogP contribution >= 0.6 is 0 Å². The third-order valence-electron chi connectivity index (χ3n) is 13.5. The summed E-state index contributed by atoms with van der Waals surface area (Å²) in [6.45, 7) is 16.7. The fraction of sp³-hybridized carbons (Fsp3) is 0.308. The highest BCUT2D eigenvalue weighted by Crippen LogP contribution is 2.53.